The predicted molar refractivity (Wildman–Crippen MR) is 77.6 cm³/mol. The van der Waals surface area contributed by atoms with Gasteiger partial charge >= 0.3 is 0 Å². The molecule has 1 saturated carbocycles. The first-order chi connectivity index (χ1) is 9.10. The van der Waals surface area contributed by atoms with Gasteiger partial charge in [-0.25, -0.2) is 4.39 Å². The number of rotatable bonds is 4. The Kier molecular flexibility index (Phi) is 5.11. The Morgan fingerprint density at radius 1 is 1.42 bits per heavy atom. The van der Waals surface area contributed by atoms with Crippen LogP contribution in [0, 0.1) is 11.7 Å². The molecule has 0 saturated heterocycles. The molecule has 0 heterocycles. The lowest BCUT2D eigenvalue weighted by atomic mass is 9.91. The van der Waals surface area contributed by atoms with Crippen molar-refractivity contribution >= 4 is 10.8 Å². The Labute approximate surface area is 117 Å². The largest absolute Gasteiger partial charge is 0.326 e. The van der Waals surface area contributed by atoms with Crippen LogP contribution in [0.25, 0.3) is 0 Å². The van der Waals surface area contributed by atoms with Crippen molar-refractivity contribution in [2.24, 2.45) is 11.7 Å². The predicted octanol–water partition coefficient (Wildman–Crippen LogP) is 3.11. The smallest absolute Gasteiger partial charge is 0.127 e. The summed E-state index contributed by atoms with van der Waals surface area (Å²) in [4.78, 5) is 0. The highest BCUT2D eigenvalue weighted by molar-refractivity contribution is 7.84. The minimum Gasteiger partial charge on any atom is -0.326 e. The van der Waals surface area contributed by atoms with E-state index in [1.165, 1.54) is 12.5 Å². The van der Waals surface area contributed by atoms with Gasteiger partial charge in [-0.15, -0.1) is 0 Å². The Bertz CT molecular complexity index is 463. The standard InChI is InChI=1S/C15H22FNOS/c1-11-3-2-4-14(7-11)19(18)10-13-8-12(9-17)5-6-15(13)16/h5-6,8,11,14H,2-4,7,9-10,17H2,1H3. The van der Waals surface area contributed by atoms with Gasteiger partial charge in [-0.3, -0.25) is 4.21 Å². The van der Waals surface area contributed by atoms with Gasteiger partial charge in [0.1, 0.15) is 5.82 Å². The molecule has 0 amide bonds. The van der Waals surface area contributed by atoms with Crippen molar-refractivity contribution in [1.82, 2.24) is 0 Å². The zero-order valence-electron chi connectivity index (χ0n) is 11.4. The van der Waals surface area contributed by atoms with Crippen molar-refractivity contribution in [2.45, 2.75) is 50.2 Å². The molecule has 0 bridgehead atoms. The summed E-state index contributed by atoms with van der Waals surface area (Å²) in [5, 5.41) is 0.227. The zero-order chi connectivity index (χ0) is 13.8. The fourth-order valence-electron chi connectivity index (χ4n) is 2.75. The number of nitrogens with two attached hydrogens (primary N) is 1. The van der Waals surface area contributed by atoms with Gasteiger partial charge < -0.3 is 5.73 Å². The topological polar surface area (TPSA) is 43.1 Å². The first kappa shape index (κ1) is 14.7. The molecule has 1 aliphatic rings. The van der Waals surface area contributed by atoms with E-state index >= 15 is 0 Å². The molecule has 1 aliphatic carbocycles. The maximum Gasteiger partial charge on any atom is 0.127 e. The van der Waals surface area contributed by atoms with Crippen molar-refractivity contribution in [3.8, 4) is 0 Å². The quantitative estimate of drug-likeness (QED) is 0.922. The Hall–Kier alpha value is -0.740. The highest BCUT2D eigenvalue weighted by atomic mass is 32.2. The molecule has 1 fully saturated rings. The minimum atomic E-state index is -0.979. The summed E-state index contributed by atoms with van der Waals surface area (Å²) < 4.78 is 26.1. The number of halogens is 1. The van der Waals surface area contributed by atoms with Gasteiger partial charge in [0.15, 0.2) is 0 Å². The molecule has 4 heteroatoms. The molecule has 2 rings (SSSR count). The van der Waals surface area contributed by atoms with E-state index < -0.39 is 10.8 Å². The second kappa shape index (κ2) is 6.62. The van der Waals surface area contributed by atoms with Gasteiger partial charge in [-0.05, 0) is 30.4 Å². The van der Waals surface area contributed by atoms with Gasteiger partial charge in [-0.1, -0.05) is 31.9 Å². The molecule has 3 unspecified atom stereocenters. The molecule has 3 atom stereocenters. The number of hydrogen-bond acceptors (Lipinski definition) is 2. The van der Waals surface area contributed by atoms with E-state index in [-0.39, 0.29) is 11.1 Å². The molecule has 0 aliphatic heterocycles. The fraction of sp³-hybridized carbons (Fsp3) is 0.600. The average Bonchev–Trinajstić information content (AvgIpc) is 2.41. The molecule has 0 radical (unpaired) electrons. The van der Waals surface area contributed by atoms with Gasteiger partial charge in [0, 0.05) is 28.2 Å². The third-order valence-corrected chi connectivity index (χ3v) is 5.67. The monoisotopic (exact) mass is 283 g/mol. The summed E-state index contributed by atoms with van der Waals surface area (Å²) in [6.07, 6.45) is 4.38. The first-order valence-corrected chi connectivity index (χ1v) is 8.33. The zero-order valence-corrected chi connectivity index (χ0v) is 12.2. The summed E-state index contributed by atoms with van der Waals surface area (Å²) >= 11 is 0. The number of hydrogen-bond donors (Lipinski definition) is 1. The van der Waals surface area contributed by atoms with Gasteiger partial charge in [0.05, 0.1) is 5.75 Å². The van der Waals surface area contributed by atoms with Crippen LogP contribution in [0.4, 0.5) is 4.39 Å². The van der Waals surface area contributed by atoms with Crippen molar-refractivity contribution in [3.05, 3.63) is 35.1 Å². The minimum absolute atomic E-state index is 0.227. The van der Waals surface area contributed by atoms with Crippen LogP contribution >= 0.6 is 0 Å². The summed E-state index contributed by atoms with van der Waals surface area (Å²) in [5.41, 5.74) is 7.00. The van der Waals surface area contributed by atoms with Crippen LogP contribution in [0.1, 0.15) is 43.7 Å². The van der Waals surface area contributed by atoms with Crippen LogP contribution in [0.3, 0.4) is 0 Å². The molecule has 1 aromatic carbocycles. The fourth-order valence-corrected chi connectivity index (χ4v) is 4.49. The molecular formula is C15H22FNOS. The van der Waals surface area contributed by atoms with Crippen LogP contribution in [0.5, 0.6) is 0 Å². The lowest BCUT2D eigenvalue weighted by Crippen LogP contribution is -2.24. The molecule has 19 heavy (non-hydrogen) atoms. The van der Waals surface area contributed by atoms with Crippen molar-refractivity contribution in [1.29, 1.82) is 0 Å². The number of benzene rings is 1. The van der Waals surface area contributed by atoms with Crippen LogP contribution in [-0.4, -0.2) is 9.46 Å². The van der Waals surface area contributed by atoms with Crippen molar-refractivity contribution in [3.63, 3.8) is 0 Å². The van der Waals surface area contributed by atoms with Gasteiger partial charge in [-0.2, -0.15) is 0 Å². The third-order valence-electron chi connectivity index (χ3n) is 3.90. The summed E-state index contributed by atoms with van der Waals surface area (Å²) in [5.74, 6) is 0.689. The van der Waals surface area contributed by atoms with Crippen molar-refractivity contribution in [2.75, 3.05) is 0 Å². The Morgan fingerprint density at radius 2 is 2.21 bits per heavy atom. The third kappa shape index (κ3) is 3.86. The van der Waals surface area contributed by atoms with E-state index in [1.54, 1.807) is 12.1 Å². The van der Waals surface area contributed by atoms with Crippen LogP contribution in [-0.2, 0) is 23.1 Å². The van der Waals surface area contributed by atoms with E-state index in [0.29, 0.717) is 23.8 Å². The van der Waals surface area contributed by atoms with Gasteiger partial charge in [0.2, 0.25) is 0 Å². The highest BCUT2D eigenvalue weighted by Crippen LogP contribution is 2.28. The van der Waals surface area contributed by atoms with E-state index in [1.807, 2.05) is 0 Å². The highest BCUT2D eigenvalue weighted by Gasteiger charge is 2.24. The molecule has 0 aromatic heterocycles. The summed E-state index contributed by atoms with van der Waals surface area (Å²) in [6.45, 7) is 2.60. The normalized spacial score (nSPS) is 25.2. The lowest BCUT2D eigenvalue weighted by Gasteiger charge is -2.26. The molecule has 106 valence electrons. The van der Waals surface area contributed by atoms with E-state index in [4.69, 9.17) is 5.73 Å². The van der Waals surface area contributed by atoms with E-state index in [2.05, 4.69) is 6.92 Å². The van der Waals surface area contributed by atoms with Crippen LogP contribution in [0.2, 0.25) is 0 Å². The average molecular weight is 283 g/mol. The second-order valence-corrected chi connectivity index (χ2v) is 7.27. The maximum absolute atomic E-state index is 13.7. The van der Waals surface area contributed by atoms with E-state index in [0.717, 1.165) is 24.8 Å². The maximum atomic E-state index is 13.7. The summed E-state index contributed by atoms with van der Waals surface area (Å²) in [6, 6.07) is 4.86. The van der Waals surface area contributed by atoms with Crippen LogP contribution in [0.15, 0.2) is 18.2 Å². The molecule has 1 aromatic rings. The van der Waals surface area contributed by atoms with E-state index in [9.17, 15) is 8.60 Å². The van der Waals surface area contributed by atoms with Crippen LogP contribution < -0.4 is 5.73 Å². The first-order valence-electron chi connectivity index (χ1n) is 6.94. The van der Waals surface area contributed by atoms with Gasteiger partial charge in [0.25, 0.3) is 0 Å². The Balaban J connectivity index is 2.05. The second-order valence-electron chi connectivity index (χ2n) is 5.55. The molecule has 0 spiro atoms. The molecular weight excluding hydrogens is 261 g/mol. The SMILES string of the molecule is CC1CCCC(S(=O)Cc2cc(CN)ccc2F)C1. The lowest BCUT2D eigenvalue weighted by molar-refractivity contribution is 0.389. The molecule has 2 nitrogen and oxygen atoms in total. The summed E-state index contributed by atoms with van der Waals surface area (Å²) in [7, 11) is -0.979. The Morgan fingerprint density at radius 3 is 2.89 bits per heavy atom. The van der Waals surface area contributed by atoms with Crippen molar-refractivity contribution < 1.29 is 8.60 Å². The molecule has 2 N–H and O–H groups in total.